The lowest BCUT2D eigenvalue weighted by molar-refractivity contribution is -0.134. The summed E-state index contributed by atoms with van der Waals surface area (Å²) in [6, 6.07) is 8.23. The zero-order valence-corrected chi connectivity index (χ0v) is 19.5. The van der Waals surface area contributed by atoms with Crippen molar-refractivity contribution in [1.29, 1.82) is 0 Å². The first-order chi connectivity index (χ1) is 13.2. The first kappa shape index (κ1) is 23.0. The second-order valence-electron chi connectivity index (χ2n) is 10.1. The van der Waals surface area contributed by atoms with Crippen molar-refractivity contribution >= 4 is 5.97 Å². The molecule has 1 N–H and O–H groups in total. The second kappa shape index (κ2) is 8.22. The van der Waals surface area contributed by atoms with Gasteiger partial charge in [-0.2, -0.15) is 0 Å². The summed E-state index contributed by atoms with van der Waals surface area (Å²) in [6.45, 7) is 18.6. The second-order valence-corrected chi connectivity index (χ2v) is 10.1. The molecular formula is C26H36O3. The average molecular weight is 397 g/mol. The number of aromatic hydroxyl groups is 1. The Morgan fingerprint density at radius 3 is 1.83 bits per heavy atom. The molecule has 0 atom stereocenters. The Hall–Kier alpha value is -2.29. The van der Waals surface area contributed by atoms with E-state index in [-0.39, 0.29) is 16.8 Å². The molecule has 0 radical (unpaired) electrons. The van der Waals surface area contributed by atoms with Gasteiger partial charge in [-0.05, 0) is 41.4 Å². The molecule has 0 amide bonds. The Morgan fingerprint density at radius 2 is 1.34 bits per heavy atom. The number of benzene rings is 2. The van der Waals surface area contributed by atoms with Gasteiger partial charge in [-0.3, -0.25) is 4.79 Å². The standard InChI is InChI=1S/C26H36O3/c1-10-22(27)29-24-19(12-17(3)14-21(24)26(7,8)9)15-18-11-16(2)13-20(23(18)28)25(4,5)6/h11-14,28H,10,15H2,1-9H3. The fourth-order valence-electron chi connectivity index (χ4n) is 3.61. The van der Waals surface area contributed by atoms with E-state index in [1.807, 2.05) is 19.1 Å². The molecule has 0 aromatic heterocycles. The third-order valence-corrected chi connectivity index (χ3v) is 5.14. The molecule has 2 rings (SSSR count). The zero-order chi connectivity index (χ0) is 22.1. The Kier molecular flexibility index (Phi) is 6.51. The number of esters is 1. The van der Waals surface area contributed by atoms with Crippen LogP contribution in [0.1, 0.15) is 88.3 Å². The fourth-order valence-corrected chi connectivity index (χ4v) is 3.61. The van der Waals surface area contributed by atoms with Crippen LogP contribution in [0.2, 0.25) is 0 Å². The third kappa shape index (κ3) is 5.41. The smallest absolute Gasteiger partial charge is 0.310 e. The van der Waals surface area contributed by atoms with E-state index in [2.05, 4.69) is 60.6 Å². The highest BCUT2D eigenvalue weighted by molar-refractivity contribution is 5.73. The Balaban J connectivity index is 2.68. The SMILES string of the molecule is CCC(=O)Oc1c(Cc2cc(C)cc(C(C)(C)C)c2O)cc(C)cc1C(C)(C)C. The van der Waals surface area contributed by atoms with Crippen LogP contribution in [0.4, 0.5) is 0 Å². The van der Waals surface area contributed by atoms with Gasteiger partial charge in [0.25, 0.3) is 0 Å². The number of ether oxygens (including phenoxy) is 1. The van der Waals surface area contributed by atoms with E-state index >= 15 is 0 Å². The van der Waals surface area contributed by atoms with Crippen LogP contribution in [-0.2, 0) is 22.0 Å². The average Bonchev–Trinajstić information content (AvgIpc) is 2.57. The van der Waals surface area contributed by atoms with Gasteiger partial charge in [-0.25, -0.2) is 0 Å². The Labute approximate surface area is 176 Å². The van der Waals surface area contributed by atoms with Crippen molar-refractivity contribution < 1.29 is 14.6 Å². The van der Waals surface area contributed by atoms with E-state index in [9.17, 15) is 9.90 Å². The van der Waals surface area contributed by atoms with Crippen molar-refractivity contribution in [3.05, 3.63) is 57.6 Å². The van der Waals surface area contributed by atoms with Crippen molar-refractivity contribution in [3.63, 3.8) is 0 Å². The molecule has 0 aliphatic carbocycles. The number of carbonyl (C=O) groups excluding carboxylic acids is 1. The molecule has 0 unspecified atom stereocenters. The van der Waals surface area contributed by atoms with Gasteiger partial charge in [0.15, 0.2) is 0 Å². The van der Waals surface area contributed by atoms with E-state index in [0.717, 1.165) is 33.4 Å². The van der Waals surface area contributed by atoms with Crippen molar-refractivity contribution in [2.24, 2.45) is 0 Å². The van der Waals surface area contributed by atoms with Gasteiger partial charge < -0.3 is 9.84 Å². The first-order valence-corrected chi connectivity index (χ1v) is 10.4. The van der Waals surface area contributed by atoms with Crippen LogP contribution in [0.25, 0.3) is 0 Å². The van der Waals surface area contributed by atoms with Crippen molar-refractivity contribution in [2.75, 3.05) is 0 Å². The highest BCUT2D eigenvalue weighted by Crippen LogP contribution is 2.40. The van der Waals surface area contributed by atoms with Gasteiger partial charge in [0, 0.05) is 18.4 Å². The van der Waals surface area contributed by atoms with E-state index in [1.54, 1.807) is 6.92 Å². The van der Waals surface area contributed by atoms with Crippen LogP contribution in [0, 0.1) is 13.8 Å². The number of hydrogen-bond donors (Lipinski definition) is 1. The summed E-state index contributed by atoms with van der Waals surface area (Å²) in [5, 5.41) is 11.0. The predicted octanol–water partition coefficient (Wildman–Crippen LogP) is 6.51. The minimum atomic E-state index is -0.246. The van der Waals surface area contributed by atoms with Crippen LogP contribution in [-0.4, -0.2) is 11.1 Å². The first-order valence-electron chi connectivity index (χ1n) is 10.4. The molecule has 2 aromatic rings. The van der Waals surface area contributed by atoms with Crippen LogP contribution in [0.15, 0.2) is 24.3 Å². The normalized spacial score (nSPS) is 12.2. The summed E-state index contributed by atoms with van der Waals surface area (Å²) in [5.74, 6) is 0.715. The van der Waals surface area contributed by atoms with E-state index in [4.69, 9.17) is 4.74 Å². The summed E-state index contributed by atoms with van der Waals surface area (Å²) in [7, 11) is 0. The van der Waals surface area contributed by atoms with Gasteiger partial charge in [0.2, 0.25) is 0 Å². The molecule has 3 heteroatoms. The number of hydrogen-bond acceptors (Lipinski definition) is 3. The Morgan fingerprint density at radius 1 is 0.862 bits per heavy atom. The molecule has 0 aliphatic heterocycles. The van der Waals surface area contributed by atoms with Gasteiger partial charge >= 0.3 is 5.97 Å². The predicted molar refractivity (Wildman–Crippen MR) is 120 cm³/mol. The molecule has 29 heavy (non-hydrogen) atoms. The van der Waals surface area contributed by atoms with Crippen molar-refractivity contribution in [1.82, 2.24) is 0 Å². The monoisotopic (exact) mass is 396 g/mol. The van der Waals surface area contributed by atoms with Gasteiger partial charge in [-0.1, -0.05) is 83.9 Å². The largest absolute Gasteiger partial charge is 0.507 e. The lowest BCUT2D eigenvalue weighted by atomic mass is 9.81. The number of phenolic OH excluding ortho intramolecular Hbond substituents is 1. The van der Waals surface area contributed by atoms with Crippen LogP contribution < -0.4 is 4.74 Å². The topological polar surface area (TPSA) is 46.5 Å². The quantitative estimate of drug-likeness (QED) is 0.473. The molecule has 0 saturated heterocycles. The minimum Gasteiger partial charge on any atom is -0.507 e. The maximum atomic E-state index is 12.2. The highest BCUT2D eigenvalue weighted by atomic mass is 16.5. The highest BCUT2D eigenvalue weighted by Gasteiger charge is 2.26. The minimum absolute atomic E-state index is 0.161. The molecule has 0 fully saturated rings. The van der Waals surface area contributed by atoms with Crippen LogP contribution >= 0.6 is 0 Å². The maximum absolute atomic E-state index is 12.2. The molecule has 0 bridgehead atoms. The number of rotatable bonds is 4. The molecule has 0 aliphatic rings. The van der Waals surface area contributed by atoms with E-state index in [0.29, 0.717) is 24.3 Å². The molecule has 3 nitrogen and oxygen atoms in total. The fraction of sp³-hybridized carbons (Fsp3) is 0.500. The molecule has 158 valence electrons. The zero-order valence-electron chi connectivity index (χ0n) is 19.5. The summed E-state index contributed by atoms with van der Waals surface area (Å²) in [5.41, 5.74) is 5.62. The molecule has 0 heterocycles. The Bertz CT molecular complexity index is 909. The molecule has 2 aromatic carbocycles. The van der Waals surface area contributed by atoms with Gasteiger partial charge in [0.1, 0.15) is 11.5 Å². The lowest BCUT2D eigenvalue weighted by Gasteiger charge is -2.26. The van der Waals surface area contributed by atoms with Crippen molar-refractivity contribution in [2.45, 2.75) is 86.0 Å². The summed E-state index contributed by atoms with van der Waals surface area (Å²) < 4.78 is 5.83. The van der Waals surface area contributed by atoms with Crippen LogP contribution in [0.5, 0.6) is 11.5 Å². The lowest BCUT2D eigenvalue weighted by Crippen LogP contribution is -2.18. The summed E-state index contributed by atoms with van der Waals surface area (Å²) in [6.07, 6.45) is 0.828. The van der Waals surface area contributed by atoms with E-state index < -0.39 is 0 Å². The van der Waals surface area contributed by atoms with Gasteiger partial charge in [0.05, 0.1) is 0 Å². The molecule has 0 spiro atoms. The molecule has 0 saturated carbocycles. The maximum Gasteiger partial charge on any atom is 0.310 e. The third-order valence-electron chi connectivity index (χ3n) is 5.14. The van der Waals surface area contributed by atoms with Crippen LogP contribution in [0.3, 0.4) is 0 Å². The molecular weight excluding hydrogens is 360 g/mol. The summed E-state index contributed by atoms with van der Waals surface area (Å²) in [4.78, 5) is 12.2. The van der Waals surface area contributed by atoms with Crippen molar-refractivity contribution in [3.8, 4) is 11.5 Å². The summed E-state index contributed by atoms with van der Waals surface area (Å²) >= 11 is 0. The van der Waals surface area contributed by atoms with E-state index in [1.165, 1.54) is 0 Å². The number of aryl methyl sites for hydroxylation is 2. The number of phenols is 1. The number of carbonyl (C=O) groups is 1. The van der Waals surface area contributed by atoms with Gasteiger partial charge in [-0.15, -0.1) is 0 Å².